The van der Waals surface area contributed by atoms with E-state index in [1.54, 1.807) is 41.3 Å². The van der Waals surface area contributed by atoms with Gasteiger partial charge in [-0.25, -0.2) is 8.42 Å². The zero-order valence-corrected chi connectivity index (χ0v) is 16.3. The molecule has 0 radical (unpaired) electrons. The average Bonchev–Trinajstić information content (AvgIpc) is 2.87. The van der Waals surface area contributed by atoms with E-state index < -0.39 is 10.0 Å². The molecule has 2 aromatic rings. The summed E-state index contributed by atoms with van der Waals surface area (Å²) in [6.07, 6.45) is 2.33. The maximum absolute atomic E-state index is 13.0. The van der Waals surface area contributed by atoms with E-state index in [1.165, 1.54) is 10.4 Å². The summed E-state index contributed by atoms with van der Waals surface area (Å²) in [7, 11) is -3.45. The quantitative estimate of drug-likeness (QED) is 0.799. The van der Waals surface area contributed by atoms with E-state index >= 15 is 0 Å². The first kappa shape index (κ1) is 19.6. The van der Waals surface area contributed by atoms with Crippen LogP contribution in [0, 0.1) is 0 Å². The molecule has 0 aliphatic carbocycles. The van der Waals surface area contributed by atoms with Crippen molar-refractivity contribution in [3.63, 3.8) is 0 Å². The van der Waals surface area contributed by atoms with Gasteiger partial charge in [0.1, 0.15) is 0 Å². The minimum absolute atomic E-state index is 0.190. The Morgan fingerprint density at radius 3 is 2.39 bits per heavy atom. The van der Waals surface area contributed by atoms with Crippen LogP contribution >= 0.6 is 0 Å². The van der Waals surface area contributed by atoms with Gasteiger partial charge in [-0.1, -0.05) is 24.8 Å². The summed E-state index contributed by atoms with van der Waals surface area (Å²) in [6.45, 7) is 4.17. The third-order valence-electron chi connectivity index (χ3n) is 4.47. The maximum atomic E-state index is 13.0. The number of hydrogen-bond donors (Lipinski definition) is 1. The van der Waals surface area contributed by atoms with Crippen molar-refractivity contribution in [3.05, 3.63) is 72.3 Å². The van der Waals surface area contributed by atoms with Gasteiger partial charge in [-0.2, -0.15) is 0 Å². The van der Waals surface area contributed by atoms with E-state index in [0.29, 0.717) is 23.5 Å². The Balaban J connectivity index is 1.84. The van der Waals surface area contributed by atoms with Crippen molar-refractivity contribution in [2.24, 2.45) is 0 Å². The summed E-state index contributed by atoms with van der Waals surface area (Å²) in [5.74, 6) is -0.532. The van der Waals surface area contributed by atoms with Crippen molar-refractivity contribution in [1.82, 2.24) is 4.90 Å². The number of hydrogen-bond acceptors (Lipinski definition) is 4. The number of amides is 2. The van der Waals surface area contributed by atoms with E-state index in [9.17, 15) is 18.0 Å². The van der Waals surface area contributed by atoms with Crippen LogP contribution in [0.5, 0.6) is 0 Å². The fourth-order valence-corrected chi connectivity index (χ4v) is 4.04. The van der Waals surface area contributed by atoms with Crippen molar-refractivity contribution in [2.45, 2.75) is 6.54 Å². The smallest absolute Gasteiger partial charge is 0.254 e. The second-order valence-electron chi connectivity index (χ2n) is 6.46. The molecule has 0 bridgehead atoms. The largest absolute Gasteiger partial charge is 0.332 e. The first-order valence-electron chi connectivity index (χ1n) is 8.68. The number of benzene rings is 2. The molecule has 2 amide bonds. The number of sulfonamides is 1. The molecule has 2 aromatic carbocycles. The highest BCUT2D eigenvalue weighted by molar-refractivity contribution is 7.92. The molecule has 1 heterocycles. The van der Waals surface area contributed by atoms with E-state index in [1.807, 2.05) is 12.1 Å². The normalized spacial score (nSPS) is 14.0. The van der Waals surface area contributed by atoms with Gasteiger partial charge in [-0.05, 0) is 42.0 Å². The van der Waals surface area contributed by atoms with Gasteiger partial charge in [-0.15, -0.1) is 0 Å². The zero-order valence-electron chi connectivity index (χ0n) is 15.5. The summed E-state index contributed by atoms with van der Waals surface area (Å²) in [6, 6.07) is 13.7. The first-order chi connectivity index (χ1) is 13.3. The highest BCUT2D eigenvalue weighted by Crippen LogP contribution is 2.27. The van der Waals surface area contributed by atoms with E-state index in [2.05, 4.69) is 11.9 Å². The van der Waals surface area contributed by atoms with Crippen molar-refractivity contribution in [3.8, 4) is 0 Å². The molecule has 146 valence electrons. The predicted octanol–water partition coefficient (Wildman–Crippen LogP) is 2.23. The Morgan fingerprint density at radius 2 is 1.75 bits per heavy atom. The fourth-order valence-electron chi connectivity index (χ4n) is 3.09. The van der Waals surface area contributed by atoms with Crippen LogP contribution < -0.4 is 9.62 Å². The Kier molecular flexibility index (Phi) is 5.51. The van der Waals surface area contributed by atoms with Crippen molar-refractivity contribution < 1.29 is 18.0 Å². The number of nitrogens with one attached hydrogen (secondary N) is 1. The zero-order chi connectivity index (χ0) is 20.3. The number of anilines is 2. The summed E-state index contributed by atoms with van der Waals surface area (Å²) >= 11 is 0. The first-order valence-corrected chi connectivity index (χ1v) is 10.5. The molecule has 1 N–H and O–H groups in total. The molecule has 0 aromatic heterocycles. The van der Waals surface area contributed by atoms with Crippen LogP contribution in [-0.4, -0.2) is 44.5 Å². The van der Waals surface area contributed by atoms with Crippen LogP contribution in [-0.2, 0) is 21.4 Å². The lowest BCUT2D eigenvalue weighted by atomic mass is 10.1. The lowest BCUT2D eigenvalue weighted by Gasteiger charge is -2.22. The predicted molar refractivity (Wildman–Crippen MR) is 109 cm³/mol. The second-order valence-corrected chi connectivity index (χ2v) is 8.37. The molecule has 0 unspecified atom stereocenters. The monoisotopic (exact) mass is 399 g/mol. The molecular formula is C20H21N3O4S. The van der Waals surface area contributed by atoms with Gasteiger partial charge in [0.15, 0.2) is 0 Å². The van der Waals surface area contributed by atoms with Crippen LogP contribution in [0.3, 0.4) is 0 Å². The molecular weight excluding hydrogens is 378 g/mol. The third kappa shape index (κ3) is 4.23. The molecule has 0 atom stereocenters. The van der Waals surface area contributed by atoms with Crippen molar-refractivity contribution in [1.29, 1.82) is 0 Å². The lowest BCUT2D eigenvalue weighted by molar-refractivity contribution is -0.111. The summed E-state index contributed by atoms with van der Waals surface area (Å²) in [5, 5.41) is 2.63. The lowest BCUT2D eigenvalue weighted by Crippen LogP contribution is -2.37. The van der Waals surface area contributed by atoms with E-state index in [4.69, 9.17) is 0 Å². The van der Waals surface area contributed by atoms with Gasteiger partial charge in [-0.3, -0.25) is 13.9 Å². The molecule has 1 aliphatic rings. The summed E-state index contributed by atoms with van der Waals surface area (Å²) in [4.78, 5) is 25.9. The van der Waals surface area contributed by atoms with Gasteiger partial charge in [0.25, 0.3) is 5.91 Å². The number of fused-ring (bicyclic) bond motifs is 1. The minimum Gasteiger partial charge on any atom is -0.332 e. The van der Waals surface area contributed by atoms with Crippen LogP contribution in [0.4, 0.5) is 11.4 Å². The van der Waals surface area contributed by atoms with E-state index in [-0.39, 0.29) is 24.9 Å². The van der Waals surface area contributed by atoms with Gasteiger partial charge >= 0.3 is 0 Å². The van der Waals surface area contributed by atoms with E-state index in [0.717, 1.165) is 11.8 Å². The topological polar surface area (TPSA) is 86.8 Å². The van der Waals surface area contributed by atoms with Crippen LogP contribution in [0.1, 0.15) is 15.9 Å². The molecule has 28 heavy (non-hydrogen) atoms. The van der Waals surface area contributed by atoms with Gasteiger partial charge in [0, 0.05) is 24.3 Å². The van der Waals surface area contributed by atoms with Crippen molar-refractivity contribution >= 4 is 33.2 Å². The Hall–Kier alpha value is -3.13. The van der Waals surface area contributed by atoms with Crippen LogP contribution in [0.25, 0.3) is 0 Å². The SMILES string of the molecule is C=CC(=O)Nc1ccc(C(=O)N2CCN(S(C)(=O)=O)c3ccccc3C2)cc1. The molecule has 1 aliphatic heterocycles. The Labute approximate surface area is 164 Å². The molecule has 8 heteroatoms. The average molecular weight is 399 g/mol. The van der Waals surface area contributed by atoms with Crippen LogP contribution in [0.2, 0.25) is 0 Å². The Bertz CT molecular complexity index is 1020. The molecule has 0 fully saturated rings. The third-order valence-corrected chi connectivity index (χ3v) is 5.65. The molecule has 3 rings (SSSR count). The summed E-state index contributed by atoms with van der Waals surface area (Å²) in [5.41, 5.74) is 2.39. The number of carbonyl (C=O) groups is 2. The summed E-state index contributed by atoms with van der Waals surface area (Å²) < 4.78 is 25.7. The van der Waals surface area contributed by atoms with Crippen LogP contribution in [0.15, 0.2) is 61.2 Å². The standard InChI is InChI=1S/C20H21N3O4S/c1-3-19(24)21-17-10-8-15(9-11-17)20(25)22-12-13-23(28(2,26)27)18-7-5-4-6-16(18)14-22/h3-11H,1,12-14H2,2H3,(H,21,24). The molecule has 7 nitrogen and oxygen atoms in total. The number of rotatable bonds is 4. The van der Waals surface area contributed by atoms with Gasteiger partial charge < -0.3 is 10.2 Å². The maximum Gasteiger partial charge on any atom is 0.254 e. The van der Waals surface area contributed by atoms with Gasteiger partial charge in [0.2, 0.25) is 15.9 Å². The highest BCUT2D eigenvalue weighted by atomic mass is 32.2. The minimum atomic E-state index is -3.45. The van der Waals surface area contributed by atoms with Gasteiger partial charge in [0.05, 0.1) is 18.5 Å². The fraction of sp³-hybridized carbons (Fsp3) is 0.200. The second kappa shape index (κ2) is 7.85. The van der Waals surface area contributed by atoms with Crippen molar-refractivity contribution in [2.75, 3.05) is 29.0 Å². The number of para-hydroxylation sites is 1. The molecule has 0 saturated heterocycles. The number of nitrogens with zero attached hydrogens (tertiary/aromatic N) is 2. The molecule has 0 spiro atoms. The Morgan fingerprint density at radius 1 is 1.07 bits per heavy atom. The molecule has 0 saturated carbocycles. The number of carbonyl (C=O) groups excluding carboxylic acids is 2. The highest BCUT2D eigenvalue weighted by Gasteiger charge is 2.27.